The molecule has 0 saturated carbocycles. The highest BCUT2D eigenvalue weighted by Crippen LogP contribution is 2.22. The van der Waals surface area contributed by atoms with Crippen LogP contribution in [0.4, 0.5) is 5.69 Å². The van der Waals surface area contributed by atoms with Gasteiger partial charge in [-0.1, -0.05) is 19.1 Å². The molecule has 2 aromatic carbocycles. The Kier molecular flexibility index (Phi) is 3.54. The summed E-state index contributed by atoms with van der Waals surface area (Å²) >= 11 is 0. The molecule has 0 heterocycles. The Balaban J connectivity index is 2.46. The molecule has 0 aliphatic heterocycles. The molecule has 18 heavy (non-hydrogen) atoms. The molecule has 0 spiro atoms. The second kappa shape index (κ2) is 4.96. The molecule has 0 atom stereocenters. The van der Waals surface area contributed by atoms with Crippen molar-refractivity contribution in [3.8, 4) is 0 Å². The molecule has 5 heteroatoms. The lowest BCUT2D eigenvalue weighted by Gasteiger charge is -2.07. The first kappa shape index (κ1) is 12.9. The van der Waals surface area contributed by atoms with Crippen LogP contribution in [0.25, 0.3) is 10.8 Å². The van der Waals surface area contributed by atoms with Gasteiger partial charge in [0.1, 0.15) is 0 Å². The Morgan fingerprint density at radius 2 is 1.83 bits per heavy atom. The molecular weight excluding hydrogens is 250 g/mol. The van der Waals surface area contributed by atoms with Crippen LogP contribution in [-0.2, 0) is 10.1 Å². The van der Waals surface area contributed by atoms with Gasteiger partial charge < -0.3 is 5.32 Å². The summed E-state index contributed by atoms with van der Waals surface area (Å²) in [4.78, 5) is -0.0809. The van der Waals surface area contributed by atoms with Crippen molar-refractivity contribution in [3.63, 3.8) is 0 Å². The van der Waals surface area contributed by atoms with E-state index in [-0.39, 0.29) is 4.90 Å². The van der Waals surface area contributed by atoms with Gasteiger partial charge in [0.2, 0.25) is 0 Å². The zero-order valence-corrected chi connectivity index (χ0v) is 10.9. The van der Waals surface area contributed by atoms with Crippen molar-refractivity contribution in [2.24, 2.45) is 0 Å². The number of benzene rings is 2. The highest BCUT2D eigenvalue weighted by atomic mass is 32.2. The molecule has 2 N–H and O–H groups in total. The molecule has 0 radical (unpaired) electrons. The fraction of sp³-hybridized carbons (Fsp3) is 0.231. The summed E-state index contributed by atoms with van der Waals surface area (Å²) in [6.07, 6.45) is 1.02. The Morgan fingerprint density at radius 1 is 1.11 bits per heavy atom. The number of fused-ring (bicyclic) bond motifs is 1. The largest absolute Gasteiger partial charge is 0.385 e. The molecule has 4 nitrogen and oxygen atoms in total. The van der Waals surface area contributed by atoms with E-state index in [9.17, 15) is 8.42 Å². The van der Waals surface area contributed by atoms with Crippen LogP contribution < -0.4 is 5.32 Å². The maximum atomic E-state index is 11.1. The van der Waals surface area contributed by atoms with E-state index in [1.165, 1.54) is 12.1 Å². The molecule has 0 aliphatic rings. The van der Waals surface area contributed by atoms with Gasteiger partial charge in [0.25, 0.3) is 10.1 Å². The van der Waals surface area contributed by atoms with Crippen LogP contribution in [-0.4, -0.2) is 19.5 Å². The molecule has 0 saturated heterocycles. The minimum Gasteiger partial charge on any atom is -0.385 e. The lowest BCUT2D eigenvalue weighted by atomic mass is 10.1. The number of hydrogen-bond acceptors (Lipinski definition) is 3. The van der Waals surface area contributed by atoms with Gasteiger partial charge in [-0.25, -0.2) is 0 Å². The zero-order chi connectivity index (χ0) is 13.2. The van der Waals surface area contributed by atoms with Gasteiger partial charge in [0.05, 0.1) is 4.90 Å². The van der Waals surface area contributed by atoms with Crippen molar-refractivity contribution in [1.82, 2.24) is 0 Å². The molecular formula is C13H15NO3S. The topological polar surface area (TPSA) is 66.4 Å². The van der Waals surface area contributed by atoms with Gasteiger partial charge in [0, 0.05) is 12.2 Å². The smallest absolute Gasteiger partial charge is 0.294 e. The summed E-state index contributed by atoms with van der Waals surface area (Å²) in [5.74, 6) is 0. The SMILES string of the molecule is CCCNc1ccc2ccc(S(=O)(=O)O)cc2c1. The van der Waals surface area contributed by atoms with Crippen LogP contribution in [0.3, 0.4) is 0 Å². The van der Waals surface area contributed by atoms with Crippen LogP contribution in [0.2, 0.25) is 0 Å². The van der Waals surface area contributed by atoms with Crippen LogP contribution in [0.5, 0.6) is 0 Å². The molecule has 2 rings (SSSR count). The van der Waals surface area contributed by atoms with E-state index in [4.69, 9.17) is 4.55 Å². The third-order valence-electron chi connectivity index (χ3n) is 2.69. The van der Waals surface area contributed by atoms with E-state index < -0.39 is 10.1 Å². The van der Waals surface area contributed by atoms with E-state index in [1.807, 2.05) is 18.2 Å². The summed E-state index contributed by atoms with van der Waals surface area (Å²) in [6.45, 7) is 2.94. The third-order valence-corrected chi connectivity index (χ3v) is 3.54. The van der Waals surface area contributed by atoms with Crippen molar-refractivity contribution in [2.45, 2.75) is 18.2 Å². The summed E-state index contributed by atoms with van der Waals surface area (Å²) in [7, 11) is -4.14. The molecule has 96 valence electrons. The van der Waals surface area contributed by atoms with Crippen molar-refractivity contribution in [1.29, 1.82) is 0 Å². The fourth-order valence-electron chi connectivity index (χ4n) is 1.76. The average Bonchev–Trinajstić information content (AvgIpc) is 2.34. The Bertz CT molecular complexity index is 665. The highest BCUT2D eigenvalue weighted by molar-refractivity contribution is 7.85. The fourth-order valence-corrected chi connectivity index (χ4v) is 2.28. The lowest BCUT2D eigenvalue weighted by molar-refractivity contribution is 0.483. The molecule has 0 unspecified atom stereocenters. The number of anilines is 1. The van der Waals surface area contributed by atoms with Gasteiger partial charge in [-0.3, -0.25) is 4.55 Å². The van der Waals surface area contributed by atoms with Gasteiger partial charge in [0.15, 0.2) is 0 Å². The lowest BCUT2D eigenvalue weighted by Crippen LogP contribution is -2.00. The minimum atomic E-state index is -4.14. The van der Waals surface area contributed by atoms with Gasteiger partial charge in [-0.2, -0.15) is 8.42 Å². The van der Waals surface area contributed by atoms with Crippen molar-refractivity contribution >= 4 is 26.6 Å². The Labute approximate surface area is 106 Å². The number of nitrogens with one attached hydrogen (secondary N) is 1. The summed E-state index contributed by atoms with van der Waals surface area (Å²) < 4.78 is 31.2. The normalized spacial score (nSPS) is 11.7. The predicted octanol–water partition coefficient (Wildman–Crippen LogP) is 2.91. The van der Waals surface area contributed by atoms with E-state index in [0.29, 0.717) is 0 Å². The molecule has 0 amide bonds. The second-order valence-electron chi connectivity index (χ2n) is 4.13. The number of rotatable bonds is 4. The van der Waals surface area contributed by atoms with Gasteiger partial charge in [-0.05, 0) is 41.5 Å². The van der Waals surface area contributed by atoms with E-state index in [0.717, 1.165) is 29.4 Å². The minimum absolute atomic E-state index is 0.0809. The van der Waals surface area contributed by atoms with Gasteiger partial charge >= 0.3 is 0 Å². The van der Waals surface area contributed by atoms with Crippen LogP contribution in [0.15, 0.2) is 41.3 Å². The Morgan fingerprint density at radius 3 is 2.50 bits per heavy atom. The molecule has 0 fully saturated rings. The molecule has 0 bridgehead atoms. The Hall–Kier alpha value is -1.59. The molecule has 2 aromatic rings. The first-order valence-electron chi connectivity index (χ1n) is 5.76. The van der Waals surface area contributed by atoms with Gasteiger partial charge in [-0.15, -0.1) is 0 Å². The monoisotopic (exact) mass is 265 g/mol. The summed E-state index contributed by atoms with van der Waals surface area (Å²) in [5, 5.41) is 4.95. The predicted molar refractivity (Wildman–Crippen MR) is 72.5 cm³/mol. The number of hydrogen-bond donors (Lipinski definition) is 2. The first-order chi connectivity index (χ1) is 8.50. The van der Waals surface area contributed by atoms with E-state index in [1.54, 1.807) is 6.07 Å². The van der Waals surface area contributed by atoms with Crippen LogP contribution in [0, 0.1) is 0 Å². The average molecular weight is 265 g/mol. The van der Waals surface area contributed by atoms with Crippen LogP contribution in [0.1, 0.15) is 13.3 Å². The van der Waals surface area contributed by atoms with Crippen molar-refractivity contribution in [3.05, 3.63) is 36.4 Å². The highest BCUT2D eigenvalue weighted by Gasteiger charge is 2.09. The first-order valence-corrected chi connectivity index (χ1v) is 7.20. The van der Waals surface area contributed by atoms with Crippen molar-refractivity contribution < 1.29 is 13.0 Å². The van der Waals surface area contributed by atoms with Crippen molar-refractivity contribution in [2.75, 3.05) is 11.9 Å². The standard InChI is InChI=1S/C13H15NO3S/c1-2-7-14-12-5-3-10-4-6-13(18(15,16)17)9-11(10)8-12/h3-6,8-9,14H,2,7H2,1H3,(H,15,16,17). The summed E-state index contributed by atoms with van der Waals surface area (Å²) in [6, 6.07) is 10.3. The molecule has 0 aliphatic carbocycles. The second-order valence-corrected chi connectivity index (χ2v) is 5.55. The zero-order valence-electron chi connectivity index (χ0n) is 10.1. The molecule has 0 aromatic heterocycles. The summed E-state index contributed by atoms with van der Waals surface area (Å²) in [5.41, 5.74) is 0.942. The van der Waals surface area contributed by atoms with Crippen LogP contribution >= 0.6 is 0 Å². The quantitative estimate of drug-likeness (QED) is 0.834. The maximum absolute atomic E-state index is 11.1. The third kappa shape index (κ3) is 2.80. The maximum Gasteiger partial charge on any atom is 0.294 e. The van der Waals surface area contributed by atoms with E-state index in [2.05, 4.69) is 12.2 Å². The van der Waals surface area contributed by atoms with E-state index >= 15 is 0 Å².